The molecule has 10 heteroatoms. The minimum absolute atomic E-state index is 0. The van der Waals surface area contributed by atoms with Crippen LogP contribution in [0.3, 0.4) is 0 Å². The summed E-state index contributed by atoms with van der Waals surface area (Å²) in [5.41, 5.74) is 0.985. The molecule has 4 rings (SSSR count). The molecule has 1 saturated heterocycles. The molecule has 0 amide bonds. The number of nitrogens with zero attached hydrogens (tertiary/aromatic N) is 5. The van der Waals surface area contributed by atoms with E-state index in [0.717, 1.165) is 49.8 Å². The molecule has 2 aliphatic rings. The molecule has 3 heterocycles. The lowest BCUT2D eigenvalue weighted by molar-refractivity contribution is 0.307. The van der Waals surface area contributed by atoms with Crippen molar-refractivity contribution in [2.45, 2.75) is 36.7 Å². The second-order valence-corrected chi connectivity index (χ2v) is 9.31. The SMILES string of the molecule is CN(C)c1ccc(S(=O)(=O)N2CCC(c3nnc4n3CCNC4)CC2)cc1.Cl. The van der Waals surface area contributed by atoms with E-state index in [1.54, 1.807) is 16.4 Å². The third-order valence-electron chi connectivity index (χ3n) is 5.46. The Morgan fingerprint density at radius 1 is 1.07 bits per heavy atom. The van der Waals surface area contributed by atoms with Gasteiger partial charge in [-0.25, -0.2) is 8.42 Å². The summed E-state index contributed by atoms with van der Waals surface area (Å²) in [4.78, 5) is 2.31. The lowest BCUT2D eigenvalue weighted by Gasteiger charge is -2.31. The van der Waals surface area contributed by atoms with Crippen molar-refractivity contribution in [1.29, 1.82) is 0 Å². The zero-order valence-corrected chi connectivity index (χ0v) is 17.8. The van der Waals surface area contributed by atoms with E-state index in [4.69, 9.17) is 0 Å². The monoisotopic (exact) mass is 426 g/mol. The summed E-state index contributed by atoms with van der Waals surface area (Å²) in [6.45, 7) is 3.59. The Morgan fingerprint density at radius 3 is 2.39 bits per heavy atom. The van der Waals surface area contributed by atoms with Crippen LogP contribution in [0.5, 0.6) is 0 Å². The van der Waals surface area contributed by atoms with Crippen LogP contribution in [0.1, 0.15) is 30.4 Å². The quantitative estimate of drug-likeness (QED) is 0.796. The van der Waals surface area contributed by atoms with Gasteiger partial charge in [0, 0.05) is 51.9 Å². The molecule has 28 heavy (non-hydrogen) atoms. The van der Waals surface area contributed by atoms with Crippen LogP contribution in [-0.4, -0.2) is 61.2 Å². The van der Waals surface area contributed by atoms with Crippen molar-refractivity contribution in [2.24, 2.45) is 0 Å². The zero-order valence-electron chi connectivity index (χ0n) is 16.2. The van der Waals surface area contributed by atoms with Gasteiger partial charge in [0.05, 0.1) is 11.4 Å². The van der Waals surface area contributed by atoms with Gasteiger partial charge in [0.2, 0.25) is 10.0 Å². The van der Waals surface area contributed by atoms with E-state index >= 15 is 0 Å². The number of hydrogen-bond donors (Lipinski definition) is 1. The summed E-state index contributed by atoms with van der Waals surface area (Å²) in [5.74, 6) is 2.26. The molecule has 0 bridgehead atoms. The lowest BCUT2D eigenvalue weighted by atomic mass is 9.97. The minimum atomic E-state index is -3.45. The highest BCUT2D eigenvalue weighted by atomic mass is 35.5. The molecule has 2 aliphatic heterocycles. The average Bonchev–Trinajstić information content (AvgIpc) is 3.12. The fraction of sp³-hybridized carbons (Fsp3) is 0.556. The van der Waals surface area contributed by atoms with Crippen LogP contribution in [0, 0.1) is 0 Å². The molecule has 1 fully saturated rings. The fourth-order valence-corrected chi connectivity index (χ4v) is 5.31. The smallest absolute Gasteiger partial charge is 0.243 e. The summed E-state index contributed by atoms with van der Waals surface area (Å²) in [7, 11) is 0.424. The molecule has 1 N–H and O–H groups in total. The summed E-state index contributed by atoms with van der Waals surface area (Å²) < 4.78 is 29.7. The number of aromatic nitrogens is 3. The topological polar surface area (TPSA) is 83.4 Å². The lowest BCUT2D eigenvalue weighted by Crippen LogP contribution is -2.38. The number of halogens is 1. The summed E-state index contributed by atoms with van der Waals surface area (Å²) in [6.07, 6.45) is 1.56. The number of hydrogen-bond acceptors (Lipinski definition) is 6. The zero-order chi connectivity index (χ0) is 19.0. The van der Waals surface area contributed by atoms with E-state index < -0.39 is 10.0 Å². The van der Waals surface area contributed by atoms with Gasteiger partial charge in [-0.2, -0.15) is 4.31 Å². The molecular weight excluding hydrogens is 400 g/mol. The van der Waals surface area contributed by atoms with Gasteiger partial charge in [0.1, 0.15) is 11.6 Å². The maximum atomic E-state index is 13.0. The van der Waals surface area contributed by atoms with Crippen LogP contribution >= 0.6 is 12.4 Å². The Hall–Kier alpha value is -1.68. The van der Waals surface area contributed by atoms with Crippen molar-refractivity contribution in [2.75, 3.05) is 38.6 Å². The number of rotatable bonds is 4. The van der Waals surface area contributed by atoms with Crippen LogP contribution in [0.25, 0.3) is 0 Å². The molecular formula is C18H27ClN6O2S. The summed E-state index contributed by atoms with van der Waals surface area (Å²) in [5, 5.41) is 12.0. The molecule has 0 unspecified atom stereocenters. The third-order valence-corrected chi connectivity index (χ3v) is 7.37. The van der Waals surface area contributed by atoms with Crippen molar-refractivity contribution in [3.05, 3.63) is 35.9 Å². The molecule has 1 aromatic heterocycles. The first-order valence-corrected chi connectivity index (χ1v) is 10.8. The van der Waals surface area contributed by atoms with E-state index in [1.165, 1.54) is 0 Å². The van der Waals surface area contributed by atoms with Gasteiger partial charge < -0.3 is 14.8 Å². The minimum Gasteiger partial charge on any atom is -0.378 e. The van der Waals surface area contributed by atoms with Crippen LogP contribution in [-0.2, 0) is 23.1 Å². The van der Waals surface area contributed by atoms with Crippen LogP contribution in [0.15, 0.2) is 29.2 Å². The Kier molecular flexibility index (Phi) is 6.28. The predicted molar refractivity (Wildman–Crippen MR) is 110 cm³/mol. The molecule has 1 aromatic carbocycles. The number of anilines is 1. The number of sulfonamides is 1. The second kappa shape index (κ2) is 8.36. The van der Waals surface area contributed by atoms with Gasteiger partial charge >= 0.3 is 0 Å². The largest absolute Gasteiger partial charge is 0.378 e. The Labute approximate surface area is 172 Å². The van der Waals surface area contributed by atoms with Crippen LogP contribution < -0.4 is 10.2 Å². The molecule has 0 radical (unpaired) electrons. The van der Waals surface area contributed by atoms with Crippen molar-refractivity contribution in [1.82, 2.24) is 24.4 Å². The van der Waals surface area contributed by atoms with Gasteiger partial charge in [-0.05, 0) is 37.1 Å². The second-order valence-electron chi connectivity index (χ2n) is 7.37. The van der Waals surface area contributed by atoms with Gasteiger partial charge in [-0.1, -0.05) is 0 Å². The number of fused-ring (bicyclic) bond motifs is 1. The number of nitrogens with one attached hydrogen (secondary N) is 1. The highest BCUT2D eigenvalue weighted by Crippen LogP contribution is 2.31. The number of piperidine rings is 1. The molecule has 2 aromatic rings. The van der Waals surface area contributed by atoms with Crippen LogP contribution in [0.2, 0.25) is 0 Å². The number of benzene rings is 1. The Morgan fingerprint density at radius 2 is 1.75 bits per heavy atom. The molecule has 0 aliphatic carbocycles. The average molecular weight is 427 g/mol. The Balaban J connectivity index is 0.00000225. The molecule has 154 valence electrons. The van der Waals surface area contributed by atoms with Gasteiger partial charge in [-0.15, -0.1) is 22.6 Å². The summed E-state index contributed by atoms with van der Waals surface area (Å²) in [6, 6.07) is 7.07. The first kappa shape index (κ1) is 21.0. The molecule has 0 spiro atoms. The van der Waals surface area contributed by atoms with Crippen molar-refractivity contribution in [3.8, 4) is 0 Å². The predicted octanol–water partition coefficient (Wildman–Crippen LogP) is 1.44. The normalized spacial score (nSPS) is 18.4. The van der Waals surface area contributed by atoms with Gasteiger partial charge in [-0.3, -0.25) is 0 Å². The van der Waals surface area contributed by atoms with E-state index in [-0.39, 0.29) is 18.3 Å². The maximum absolute atomic E-state index is 13.0. The molecule has 8 nitrogen and oxygen atoms in total. The van der Waals surface area contributed by atoms with E-state index in [2.05, 4.69) is 20.1 Å². The summed E-state index contributed by atoms with van der Waals surface area (Å²) >= 11 is 0. The van der Waals surface area contributed by atoms with Crippen molar-refractivity contribution in [3.63, 3.8) is 0 Å². The van der Waals surface area contributed by atoms with Gasteiger partial charge in [0.25, 0.3) is 0 Å². The standard InChI is InChI=1S/C18H26N6O2S.ClH/c1-22(2)15-3-5-16(6-4-15)27(25,26)23-10-7-14(8-11-23)18-21-20-17-13-19-9-12-24(17)18;/h3-6,14,19H,7-13H2,1-2H3;1H. The first-order chi connectivity index (χ1) is 13.0. The van der Waals surface area contributed by atoms with E-state index in [9.17, 15) is 8.42 Å². The van der Waals surface area contributed by atoms with Crippen LogP contribution in [0.4, 0.5) is 5.69 Å². The van der Waals surface area contributed by atoms with Gasteiger partial charge in [0.15, 0.2) is 0 Å². The first-order valence-electron chi connectivity index (χ1n) is 9.37. The third kappa shape index (κ3) is 3.89. The van der Waals surface area contributed by atoms with E-state index in [0.29, 0.717) is 18.0 Å². The maximum Gasteiger partial charge on any atom is 0.243 e. The fourth-order valence-electron chi connectivity index (χ4n) is 3.84. The highest BCUT2D eigenvalue weighted by Gasteiger charge is 2.32. The highest BCUT2D eigenvalue weighted by molar-refractivity contribution is 7.89. The van der Waals surface area contributed by atoms with Crippen molar-refractivity contribution < 1.29 is 8.42 Å². The molecule has 0 saturated carbocycles. The van der Waals surface area contributed by atoms with E-state index in [1.807, 2.05) is 31.1 Å². The molecule has 0 atom stereocenters. The Bertz CT molecular complexity index is 905. The van der Waals surface area contributed by atoms with Crippen molar-refractivity contribution >= 4 is 28.1 Å².